The highest BCUT2D eigenvalue weighted by atomic mass is 32.1. The first-order chi connectivity index (χ1) is 11.1. The number of carbonyl (C=O) groups excluding carboxylic acids is 2. The van der Waals surface area contributed by atoms with E-state index in [1.807, 2.05) is 29.6 Å². The first kappa shape index (κ1) is 15.7. The molecule has 2 atom stereocenters. The molecular weight excluding hydrogens is 308 g/mol. The highest BCUT2D eigenvalue weighted by molar-refractivity contribution is 7.10. The molecule has 0 spiro atoms. The fourth-order valence-electron chi connectivity index (χ4n) is 3.10. The van der Waals surface area contributed by atoms with Gasteiger partial charge in [0.15, 0.2) is 0 Å². The number of fused-ring (bicyclic) bond motifs is 1. The molecular formula is C18H20N2O2S. The second-order valence-electron chi connectivity index (χ2n) is 5.83. The number of benzene rings is 1. The maximum atomic E-state index is 12.4. The molecule has 0 saturated carbocycles. The molecule has 0 bridgehead atoms. The summed E-state index contributed by atoms with van der Waals surface area (Å²) in [6.45, 7) is 1.48. The van der Waals surface area contributed by atoms with E-state index in [0.29, 0.717) is 0 Å². The maximum absolute atomic E-state index is 12.4. The first-order valence-electron chi connectivity index (χ1n) is 7.81. The van der Waals surface area contributed by atoms with Crippen LogP contribution >= 0.6 is 11.3 Å². The Balaban J connectivity index is 1.65. The summed E-state index contributed by atoms with van der Waals surface area (Å²) >= 11 is 1.55. The third-order valence-electron chi connectivity index (χ3n) is 4.12. The molecule has 1 aliphatic rings. The Labute approximate surface area is 139 Å². The Morgan fingerprint density at radius 2 is 2.09 bits per heavy atom. The lowest BCUT2D eigenvalue weighted by Crippen LogP contribution is -2.33. The molecule has 3 rings (SSSR count). The lowest BCUT2D eigenvalue weighted by Gasteiger charge is -2.19. The Kier molecular flexibility index (Phi) is 4.76. The third-order valence-corrected chi connectivity index (χ3v) is 5.11. The molecule has 1 aromatic carbocycles. The number of nitrogens with one attached hydrogen (secondary N) is 2. The predicted octanol–water partition coefficient (Wildman–Crippen LogP) is 3.12. The van der Waals surface area contributed by atoms with E-state index in [1.165, 1.54) is 18.1 Å². The second-order valence-corrected chi connectivity index (χ2v) is 6.81. The summed E-state index contributed by atoms with van der Waals surface area (Å²) in [5.74, 6) is -0.152. The van der Waals surface area contributed by atoms with Crippen LogP contribution in [-0.4, -0.2) is 11.8 Å². The summed E-state index contributed by atoms with van der Waals surface area (Å²) in [4.78, 5) is 24.8. The van der Waals surface area contributed by atoms with E-state index >= 15 is 0 Å². The minimum atomic E-state index is -0.260. The molecule has 0 saturated heterocycles. The van der Waals surface area contributed by atoms with Crippen LogP contribution in [0.2, 0.25) is 0 Å². The van der Waals surface area contributed by atoms with Gasteiger partial charge >= 0.3 is 0 Å². The summed E-state index contributed by atoms with van der Waals surface area (Å²) in [7, 11) is 0. The van der Waals surface area contributed by atoms with Crippen molar-refractivity contribution in [2.75, 3.05) is 0 Å². The summed E-state index contributed by atoms with van der Waals surface area (Å²) in [5, 5.41) is 7.94. The molecule has 2 amide bonds. The van der Waals surface area contributed by atoms with E-state index in [9.17, 15) is 9.59 Å². The minimum absolute atomic E-state index is 0.0288. The molecule has 0 unspecified atom stereocenters. The molecule has 2 N–H and O–H groups in total. The topological polar surface area (TPSA) is 58.2 Å². The number of rotatable bonds is 5. The molecule has 23 heavy (non-hydrogen) atoms. The third kappa shape index (κ3) is 3.79. The molecule has 1 aromatic heterocycles. The van der Waals surface area contributed by atoms with Gasteiger partial charge in [0.1, 0.15) is 0 Å². The highest BCUT2D eigenvalue weighted by Crippen LogP contribution is 2.31. The number of aryl methyl sites for hydroxylation is 1. The van der Waals surface area contributed by atoms with Gasteiger partial charge in [0.25, 0.3) is 0 Å². The zero-order valence-electron chi connectivity index (χ0n) is 13.0. The molecule has 0 radical (unpaired) electrons. The Morgan fingerprint density at radius 1 is 1.26 bits per heavy atom. The Morgan fingerprint density at radius 3 is 2.83 bits per heavy atom. The summed E-state index contributed by atoms with van der Waals surface area (Å²) in [6.07, 6.45) is 2.20. The average Bonchev–Trinajstić information content (AvgIpc) is 3.16. The fourth-order valence-corrected chi connectivity index (χ4v) is 3.88. The average molecular weight is 328 g/mol. The number of amides is 2. The van der Waals surface area contributed by atoms with E-state index in [0.717, 1.165) is 17.7 Å². The summed E-state index contributed by atoms with van der Waals surface area (Å²) in [6, 6.07) is 11.9. The van der Waals surface area contributed by atoms with Crippen LogP contribution in [0, 0.1) is 0 Å². The number of hydrogen-bond acceptors (Lipinski definition) is 3. The number of thiophene rings is 1. The second kappa shape index (κ2) is 6.96. The van der Waals surface area contributed by atoms with E-state index in [-0.39, 0.29) is 30.3 Å². The molecule has 2 aromatic rings. The molecule has 1 aliphatic carbocycles. The lowest BCUT2D eigenvalue weighted by molar-refractivity contribution is -0.123. The van der Waals surface area contributed by atoms with Crippen molar-refractivity contribution in [3.05, 3.63) is 57.8 Å². The molecule has 0 aliphatic heterocycles. The predicted molar refractivity (Wildman–Crippen MR) is 91.1 cm³/mol. The van der Waals surface area contributed by atoms with Crippen LogP contribution in [0.4, 0.5) is 0 Å². The van der Waals surface area contributed by atoms with Crippen molar-refractivity contribution >= 4 is 23.2 Å². The van der Waals surface area contributed by atoms with E-state index in [2.05, 4.69) is 22.8 Å². The number of hydrogen-bond donors (Lipinski definition) is 2. The Hall–Kier alpha value is -2.14. The molecule has 5 heteroatoms. The maximum Gasteiger partial charge on any atom is 0.222 e. The quantitative estimate of drug-likeness (QED) is 0.886. The molecule has 120 valence electrons. The van der Waals surface area contributed by atoms with Gasteiger partial charge in [0.2, 0.25) is 11.8 Å². The van der Waals surface area contributed by atoms with Crippen molar-refractivity contribution in [1.82, 2.24) is 10.6 Å². The largest absolute Gasteiger partial charge is 0.349 e. The van der Waals surface area contributed by atoms with Crippen molar-refractivity contribution in [3.8, 4) is 0 Å². The normalized spacial score (nSPS) is 17.3. The monoisotopic (exact) mass is 328 g/mol. The van der Waals surface area contributed by atoms with Gasteiger partial charge in [-0.05, 0) is 35.4 Å². The van der Waals surface area contributed by atoms with Crippen LogP contribution in [0.15, 0.2) is 41.8 Å². The number of carbonyl (C=O) groups is 2. The van der Waals surface area contributed by atoms with Crippen molar-refractivity contribution in [2.24, 2.45) is 0 Å². The summed E-state index contributed by atoms with van der Waals surface area (Å²) < 4.78 is 0. The van der Waals surface area contributed by atoms with E-state index in [1.54, 1.807) is 11.3 Å². The van der Waals surface area contributed by atoms with Gasteiger partial charge in [-0.1, -0.05) is 30.3 Å². The van der Waals surface area contributed by atoms with Crippen molar-refractivity contribution in [3.63, 3.8) is 0 Å². The zero-order chi connectivity index (χ0) is 16.2. The smallest absolute Gasteiger partial charge is 0.222 e. The standard InChI is InChI=1S/C18H20N2O2S/c1-12(21)19-16(17-7-4-10-23-17)11-18(22)20-15-9-8-13-5-2-3-6-14(13)15/h2-7,10,15-16H,8-9,11H2,1H3,(H,19,21)(H,20,22)/t15-,16-/m0/s1. The van der Waals surface area contributed by atoms with Gasteiger partial charge in [-0.2, -0.15) is 0 Å². The van der Waals surface area contributed by atoms with Crippen LogP contribution in [0.1, 0.15) is 47.9 Å². The van der Waals surface area contributed by atoms with Crippen LogP contribution in [0.3, 0.4) is 0 Å². The van der Waals surface area contributed by atoms with Gasteiger partial charge in [0.05, 0.1) is 18.5 Å². The van der Waals surface area contributed by atoms with Crippen LogP contribution < -0.4 is 10.6 Å². The van der Waals surface area contributed by atoms with Crippen molar-refractivity contribution in [2.45, 2.75) is 38.3 Å². The molecule has 0 fully saturated rings. The van der Waals surface area contributed by atoms with Crippen LogP contribution in [0.25, 0.3) is 0 Å². The van der Waals surface area contributed by atoms with Crippen LogP contribution in [0.5, 0.6) is 0 Å². The first-order valence-corrected chi connectivity index (χ1v) is 8.69. The van der Waals surface area contributed by atoms with E-state index in [4.69, 9.17) is 0 Å². The van der Waals surface area contributed by atoms with Crippen LogP contribution in [-0.2, 0) is 16.0 Å². The highest BCUT2D eigenvalue weighted by Gasteiger charge is 2.25. The lowest BCUT2D eigenvalue weighted by atomic mass is 10.1. The van der Waals surface area contributed by atoms with E-state index < -0.39 is 0 Å². The zero-order valence-corrected chi connectivity index (χ0v) is 13.9. The van der Waals surface area contributed by atoms with Gasteiger partial charge in [-0.3, -0.25) is 9.59 Å². The van der Waals surface area contributed by atoms with Gasteiger partial charge in [-0.15, -0.1) is 11.3 Å². The Bertz CT molecular complexity index is 697. The summed E-state index contributed by atoms with van der Waals surface area (Å²) in [5.41, 5.74) is 2.53. The van der Waals surface area contributed by atoms with Crippen molar-refractivity contribution < 1.29 is 9.59 Å². The van der Waals surface area contributed by atoms with Gasteiger partial charge in [0, 0.05) is 11.8 Å². The fraction of sp³-hybridized carbons (Fsp3) is 0.333. The van der Waals surface area contributed by atoms with Crippen molar-refractivity contribution in [1.29, 1.82) is 0 Å². The molecule has 1 heterocycles. The SMILES string of the molecule is CC(=O)N[C@@H](CC(=O)N[C@H]1CCc2ccccc21)c1cccs1. The van der Waals surface area contributed by atoms with Gasteiger partial charge in [-0.25, -0.2) is 0 Å². The van der Waals surface area contributed by atoms with Gasteiger partial charge < -0.3 is 10.6 Å². The molecule has 4 nitrogen and oxygen atoms in total. The minimum Gasteiger partial charge on any atom is -0.349 e.